The smallest absolute Gasteiger partial charge is 0.231 e. The minimum absolute atomic E-state index is 0.196. The third kappa shape index (κ3) is 4.85. The monoisotopic (exact) mass is 543 g/mol. The van der Waals surface area contributed by atoms with Gasteiger partial charge in [-0.2, -0.15) is 4.98 Å². The van der Waals surface area contributed by atoms with Crippen LogP contribution in [0.25, 0.3) is 10.9 Å². The van der Waals surface area contributed by atoms with Crippen LogP contribution in [0.4, 0.5) is 16.9 Å². The lowest BCUT2D eigenvalue weighted by atomic mass is 10.1. The highest BCUT2D eigenvalue weighted by Crippen LogP contribution is 2.36. The third-order valence-corrected chi connectivity index (χ3v) is 9.06. The van der Waals surface area contributed by atoms with Gasteiger partial charge >= 0.3 is 0 Å². The summed E-state index contributed by atoms with van der Waals surface area (Å²) in [6.07, 6.45) is 0.00422. The van der Waals surface area contributed by atoms with Gasteiger partial charge in [0.1, 0.15) is 5.82 Å². The zero-order valence-electron chi connectivity index (χ0n) is 20.5. The molecule has 3 N–H and O–H groups in total. The lowest BCUT2D eigenvalue weighted by molar-refractivity contribution is 0.165. The molecular formula is C28H25N5O3S2. The molecule has 0 fully saturated rings. The maximum atomic E-state index is 12.8. The van der Waals surface area contributed by atoms with E-state index in [1.165, 1.54) is 11.3 Å². The molecule has 0 radical (unpaired) electrons. The van der Waals surface area contributed by atoms with Crippen molar-refractivity contribution in [3.63, 3.8) is 0 Å². The Morgan fingerprint density at radius 1 is 0.974 bits per heavy atom. The number of aromatic nitrogens is 3. The number of para-hydroxylation sites is 1. The van der Waals surface area contributed by atoms with Crippen molar-refractivity contribution in [2.75, 3.05) is 10.6 Å². The van der Waals surface area contributed by atoms with Gasteiger partial charge in [0.15, 0.2) is 15.0 Å². The van der Waals surface area contributed by atoms with Gasteiger partial charge in [-0.25, -0.2) is 18.4 Å². The number of hydrogen-bond donors (Lipinski definition) is 3. The number of benzene rings is 3. The number of sulfone groups is 1. The van der Waals surface area contributed by atoms with Crippen LogP contribution in [0.1, 0.15) is 28.4 Å². The highest BCUT2D eigenvalue weighted by molar-refractivity contribution is 7.90. The fourth-order valence-corrected chi connectivity index (χ4v) is 6.75. The SMILES string of the molecule is Cc1ccc(S(=O)(=O)Cc2csc(Nc3nc(NC4c5ccccc5CC4O)c4ccccc4n3)n2)cc1. The molecule has 0 bridgehead atoms. The Morgan fingerprint density at radius 2 is 1.74 bits per heavy atom. The maximum absolute atomic E-state index is 12.8. The molecule has 192 valence electrons. The molecule has 2 heterocycles. The van der Waals surface area contributed by atoms with Crippen molar-refractivity contribution >= 4 is 49.0 Å². The fourth-order valence-electron chi connectivity index (χ4n) is 4.69. The number of fused-ring (bicyclic) bond motifs is 2. The zero-order valence-corrected chi connectivity index (χ0v) is 22.1. The average Bonchev–Trinajstić information content (AvgIpc) is 3.46. The molecule has 2 aromatic heterocycles. The second kappa shape index (κ2) is 9.79. The van der Waals surface area contributed by atoms with E-state index in [2.05, 4.69) is 20.6 Å². The fraction of sp³-hybridized carbons (Fsp3) is 0.179. The van der Waals surface area contributed by atoms with Gasteiger partial charge in [0, 0.05) is 17.2 Å². The summed E-state index contributed by atoms with van der Waals surface area (Å²) in [7, 11) is -3.52. The molecule has 2 unspecified atom stereocenters. The van der Waals surface area contributed by atoms with Crippen molar-refractivity contribution in [1.82, 2.24) is 15.0 Å². The molecule has 8 nitrogen and oxygen atoms in total. The first-order chi connectivity index (χ1) is 18.4. The lowest BCUT2D eigenvalue weighted by Crippen LogP contribution is -2.22. The second-order valence-electron chi connectivity index (χ2n) is 9.35. The largest absolute Gasteiger partial charge is 0.390 e. The van der Waals surface area contributed by atoms with Gasteiger partial charge < -0.3 is 10.4 Å². The van der Waals surface area contributed by atoms with Crippen molar-refractivity contribution in [2.24, 2.45) is 0 Å². The van der Waals surface area contributed by atoms with Gasteiger partial charge in [-0.3, -0.25) is 5.32 Å². The first-order valence-corrected chi connectivity index (χ1v) is 14.7. The number of anilines is 3. The van der Waals surface area contributed by atoms with Gasteiger partial charge in [-0.05, 0) is 42.3 Å². The van der Waals surface area contributed by atoms with E-state index < -0.39 is 15.9 Å². The maximum Gasteiger partial charge on any atom is 0.231 e. The molecule has 6 rings (SSSR count). The lowest BCUT2D eigenvalue weighted by Gasteiger charge is -2.20. The minimum Gasteiger partial charge on any atom is -0.390 e. The summed E-state index contributed by atoms with van der Waals surface area (Å²) in [5, 5.41) is 20.4. The van der Waals surface area contributed by atoms with E-state index >= 15 is 0 Å². The Labute approximate surface area is 224 Å². The van der Waals surface area contributed by atoms with Crippen LogP contribution in [0.3, 0.4) is 0 Å². The molecule has 0 amide bonds. The number of aliphatic hydroxyl groups is 1. The van der Waals surface area contributed by atoms with Crippen LogP contribution < -0.4 is 10.6 Å². The number of rotatable bonds is 7. The zero-order chi connectivity index (χ0) is 26.3. The van der Waals surface area contributed by atoms with E-state index in [-0.39, 0.29) is 16.7 Å². The summed E-state index contributed by atoms with van der Waals surface area (Å²) in [4.78, 5) is 14.1. The molecule has 3 aromatic carbocycles. The number of nitrogens with one attached hydrogen (secondary N) is 2. The molecule has 0 aliphatic heterocycles. The van der Waals surface area contributed by atoms with Gasteiger partial charge in [-0.15, -0.1) is 11.3 Å². The molecule has 0 saturated heterocycles. The summed E-state index contributed by atoms with van der Waals surface area (Å²) >= 11 is 1.29. The number of hydrogen-bond acceptors (Lipinski definition) is 9. The molecule has 1 aliphatic rings. The van der Waals surface area contributed by atoms with Crippen LogP contribution >= 0.6 is 11.3 Å². The Kier molecular flexibility index (Phi) is 6.30. The van der Waals surface area contributed by atoms with Gasteiger partial charge in [0.25, 0.3) is 0 Å². The standard InChI is InChI=1S/C28H25N5O3S2/c1-17-10-12-20(13-11-17)38(35,36)16-19-15-37-28(29-19)33-27-30-23-9-5-4-8-22(23)26(32-27)31-25-21-7-3-2-6-18(21)14-24(25)34/h2-13,15,24-25,34H,14,16H2,1H3,(H2,29,30,31,32,33). The van der Waals surface area contributed by atoms with Crippen LogP contribution in [-0.4, -0.2) is 34.6 Å². The molecular weight excluding hydrogens is 518 g/mol. The van der Waals surface area contributed by atoms with E-state index in [4.69, 9.17) is 4.98 Å². The molecule has 38 heavy (non-hydrogen) atoms. The van der Waals surface area contributed by atoms with Crippen molar-refractivity contribution < 1.29 is 13.5 Å². The number of nitrogens with zero attached hydrogens (tertiary/aromatic N) is 3. The van der Waals surface area contributed by atoms with E-state index in [1.807, 2.05) is 55.5 Å². The van der Waals surface area contributed by atoms with Crippen molar-refractivity contribution in [3.8, 4) is 0 Å². The Balaban J connectivity index is 1.26. The van der Waals surface area contributed by atoms with Crippen LogP contribution in [-0.2, 0) is 22.0 Å². The average molecular weight is 544 g/mol. The highest BCUT2D eigenvalue weighted by atomic mass is 32.2. The summed E-state index contributed by atoms with van der Waals surface area (Å²) in [6.45, 7) is 1.92. The number of aliphatic hydroxyl groups excluding tert-OH is 1. The first kappa shape index (κ1) is 24.5. The van der Waals surface area contributed by atoms with Crippen molar-refractivity contribution in [2.45, 2.75) is 36.1 Å². The van der Waals surface area contributed by atoms with E-state index in [9.17, 15) is 13.5 Å². The Bertz CT molecular complexity index is 1740. The Hall–Kier alpha value is -3.86. The molecule has 0 spiro atoms. The minimum atomic E-state index is -3.52. The van der Waals surface area contributed by atoms with Crippen molar-refractivity contribution in [1.29, 1.82) is 0 Å². The van der Waals surface area contributed by atoms with Gasteiger partial charge in [-0.1, -0.05) is 54.1 Å². The number of thiazole rings is 1. The number of aryl methyl sites for hydroxylation is 1. The quantitative estimate of drug-likeness (QED) is 0.257. The predicted octanol–water partition coefficient (Wildman–Crippen LogP) is 5.18. The van der Waals surface area contributed by atoms with E-state index in [0.717, 1.165) is 27.6 Å². The van der Waals surface area contributed by atoms with Crippen LogP contribution in [0, 0.1) is 6.92 Å². The Morgan fingerprint density at radius 3 is 2.58 bits per heavy atom. The topological polar surface area (TPSA) is 117 Å². The molecule has 10 heteroatoms. The van der Waals surface area contributed by atoms with Crippen LogP contribution in [0.5, 0.6) is 0 Å². The first-order valence-electron chi connectivity index (χ1n) is 12.2. The predicted molar refractivity (Wildman–Crippen MR) is 150 cm³/mol. The molecule has 5 aromatic rings. The van der Waals surface area contributed by atoms with Crippen LogP contribution in [0.15, 0.2) is 83.1 Å². The molecule has 0 saturated carbocycles. The third-order valence-electron chi connectivity index (χ3n) is 6.59. The second-order valence-corrected chi connectivity index (χ2v) is 12.2. The highest BCUT2D eigenvalue weighted by Gasteiger charge is 2.31. The summed E-state index contributed by atoms with van der Waals surface area (Å²) in [5.41, 5.74) is 4.34. The van der Waals surface area contributed by atoms with E-state index in [0.29, 0.717) is 29.0 Å². The molecule has 1 aliphatic carbocycles. The van der Waals surface area contributed by atoms with Crippen LogP contribution in [0.2, 0.25) is 0 Å². The normalized spacial score (nSPS) is 16.9. The van der Waals surface area contributed by atoms with Gasteiger partial charge in [0.2, 0.25) is 5.95 Å². The molecule has 2 atom stereocenters. The summed E-state index contributed by atoms with van der Waals surface area (Å²) < 4.78 is 25.7. The summed E-state index contributed by atoms with van der Waals surface area (Å²) in [6, 6.07) is 22.2. The van der Waals surface area contributed by atoms with Gasteiger partial charge in [0.05, 0.1) is 34.0 Å². The van der Waals surface area contributed by atoms with E-state index in [1.54, 1.807) is 29.6 Å². The van der Waals surface area contributed by atoms with Crippen molar-refractivity contribution in [3.05, 3.63) is 101 Å². The summed E-state index contributed by atoms with van der Waals surface area (Å²) in [5.74, 6) is 0.727.